The van der Waals surface area contributed by atoms with Crippen molar-refractivity contribution in [2.45, 2.75) is 271 Å². The van der Waals surface area contributed by atoms with E-state index in [1.807, 2.05) is 48.6 Å². The van der Waals surface area contributed by atoms with Crippen molar-refractivity contribution in [3.8, 4) is 0 Å². The summed E-state index contributed by atoms with van der Waals surface area (Å²) < 4.78 is 16.8. The molecule has 0 aromatic rings. The Morgan fingerprint density at radius 3 is 0.940 bits per heavy atom. The molecular formula is C61H104O6. The average Bonchev–Trinajstić information content (AvgIpc) is 3.33. The van der Waals surface area contributed by atoms with Crippen molar-refractivity contribution in [3.05, 3.63) is 85.1 Å². The second kappa shape index (κ2) is 55.2. The van der Waals surface area contributed by atoms with E-state index < -0.39 is 6.10 Å². The third-order valence-electron chi connectivity index (χ3n) is 12.0. The van der Waals surface area contributed by atoms with Crippen LogP contribution in [-0.2, 0) is 28.6 Å². The Hall–Kier alpha value is -3.41. The van der Waals surface area contributed by atoms with E-state index in [1.54, 1.807) is 0 Å². The van der Waals surface area contributed by atoms with Crippen LogP contribution in [0.4, 0.5) is 0 Å². The number of ether oxygens (including phenoxy) is 3. The van der Waals surface area contributed by atoms with Gasteiger partial charge < -0.3 is 14.2 Å². The fourth-order valence-corrected chi connectivity index (χ4v) is 7.81. The molecule has 0 N–H and O–H groups in total. The lowest BCUT2D eigenvalue weighted by atomic mass is 10.0. The number of hydrogen-bond acceptors (Lipinski definition) is 6. The molecule has 0 aliphatic heterocycles. The third kappa shape index (κ3) is 53.4. The molecule has 384 valence electrons. The Morgan fingerprint density at radius 2 is 0.582 bits per heavy atom. The summed E-state index contributed by atoms with van der Waals surface area (Å²) >= 11 is 0. The van der Waals surface area contributed by atoms with Gasteiger partial charge in [-0.15, -0.1) is 0 Å². The van der Waals surface area contributed by atoms with Crippen molar-refractivity contribution in [2.75, 3.05) is 13.2 Å². The molecule has 6 nitrogen and oxygen atoms in total. The van der Waals surface area contributed by atoms with E-state index in [9.17, 15) is 14.4 Å². The molecular weight excluding hydrogens is 829 g/mol. The summed E-state index contributed by atoms with van der Waals surface area (Å²) in [5, 5.41) is 0. The van der Waals surface area contributed by atoms with Crippen molar-refractivity contribution >= 4 is 17.9 Å². The van der Waals surface area contributed by atoms with Crippen LogP contribution in [0.2, 0.25) is 0 Å². The molecule has 0 radical (unpaired) electrons. The van der Waals surface area contributed by atoms with Gasteiger partial charge in [0.15, 0.2) is 6.10 Å². The standard InChI is InChI=1S/C61H104O6/c1-4-7-10-13-16-19-22-25-28-30-31-34-36-39-42-45-48-51-54-60(63)66-57-58(56-65-59(62)53-50-47-44-41-38-35-32-27-24-21-18-15-12-9-6-3)67-61(64)55-52-49-46-43-40-37-33-29-26-23-20-17-14-11-8-5-2/h9,12,15,18,21,24,27-28,30-32,34-35,38,58H,4-8,10-11,13-14,16-17,19-20,22-23,25-26,29,33,36-37,39-57H2,1-3H3/b12-9-,18-15-,24-21-,30-28-,32-27-,34-31-,38-35-. The maximum absolute atomic E-state index is 12.8. The summed E-state index contributed by atoms with van der Waals surface area (Å²) in [7, 11) is 0. The molecule has 0 saturated heterocycles. The number of allylic oxidation sites excluding steroid dienone is 14. The van der Waals surface area contributed by atoms with Crippen LogP contribution in [0.15, 0.2) is 85.1 Å². The molecule has 0 rings (SSSR count). The van der Waals surface area contributed by atoms with E-state index in [1.165, 1.54) is 135 Å². The number of rotatable bonds is 50. The van der Waals surface area contributed by atoms with Crippen molar-refractivity contribution in [3.63, 3.8) is 0 Å². The molecule has 0 amide bonds. The van der Waals surface area contributed by atoms with Crippen LogP contribution in [0.1, 0.15) is 265 Å². The molecule has 0 spiro atoms. The van der Waals surface area contributed by atoms with E-state index >= 15 is 0 Å². The van der Waals surface area contributed by atoms with E-state index in [0.717, 1.165) is 89.9 Å². The highest BCUT2D eigenvalue weighted by atomic mass is 16.6. The molecule has 0 fully saturated rings. The average molecular weight is 933 g/mol. The zero-order valence-corrected chi connectivity index (χ0v) is 43.9. The lowest BCUT2D eigenvalue weighted by molar-refractivity contribution is -0.167. The van der Waals surface area contributed by atoms with Crippen LogP contribution in [0, 0.1) is 0 Å². The molecule has 0 heterocycles. The smallest absolute Gasteiger partial charge is 0.306 e. The SMILES string of the molecule is CC\C=C/C=C\C=C/C=C\C=C/CCCCCC(=O)OCC(COC(=O)CCCCCCC/C=C\C=C/CCCCCCCCC)OC(=O)CCCCCCCCCCCCCCCCCC. The summed E-state index contributed by atoms with van der Waals surface area (Å²) in [5.74, 6) is -0.946. The highest BCUT2D eigenvalue weighted by Crippen LogP contribution is 2.16. The van der Waals surface area contributed by atoms with Crippen molar-refractivity contribution in [1.29, 1.82) is 0 Å². The Kier molecular flexibility index (Phi) is 52.4. The van der Waals surface area contributed by atoms with Gasteiger partial charge >= 0.3 is 17.9 Å². The normalized spacial score (nSPS) is 12.7. The summed E-state index contributed by atoms with van der Waals surface area (Å²) in [4.78, 5) is 38.1. The minimum Gasteiger partial charge on any atom is -0.462 e. The number of unbranched alkanes of at least 4 members (excludes halogenated alkanes) is 30. The zero-order valence-electron chi connectivity index (χ0n) is 43.9. The maximum atomic E-state index is 12.8. The molecule has 0 aliphatic rings. The Bertz CT molecular complexity index is 1300. The molecule has 0 aromatic carbocycles. The molecule has 0 bridgehead atoms. The molecule has 1 unspecified atom stereocenters. The van der Waals surface area contributed by atoms with Gasteiger partial charge in [0.05, 0.1) is 0 Å². The Labute approximate surface area is 414 Å². The lowest BCUT2D eigenvalue weighted by Gasteiger charge is -2.18. The van der Waals surface area contributed by atoms with E-state index in [4.69, 9.17) is 14.2 Å². The highest BCUT2D eigenvalue weighted by molar-refractivity contribution is 5.71. The minimum absolute atomic E-state index is 0.0970. The van der Waals surface area contributed by atoms with E-state index in [2.05, 4.69) is 57.2 Å². The molecule has 0 aromatic heterocycles. The first kappa shape index (κ1) is 63.6. The van der Waals surface area contributed by atoms with Gasteiger partial charge in [0, 0.05) is 19.3 Å². The van der Waals surface area contributed by atoms with Crippen LogP contribution >= 0.6 is 0 Å². The number of carbonyl (C=O) groups is 3. The summed E-state index contributed by atoms with van der Waals surface area (Å²) in [6.45, 7) is 6.46. The topological polar surface area (TPSA) is 78.9 Å². The molecule has 67 heavy (non-hydrogen) atoms. The van der Waals surface area contributed by atoms with Gasteiger partial charge in [-0.25, -0.2) is 0 Å². The summed E-state index contributed by atoms with van der Waals surface area (Å²) in [6.07, 6.45) is 71.4. The zero-order chi connectivity index (χ0) is 48.6. The van der Waals surface area contributed by atoms with Gasteiger partial charge in [-0.3, -0.25) is 14.4 Å². The summed E-state index contributed by atoms with van der Waals surface area (Å²) in [5.41, 5.74) is 0. The number of hydrogen-bond donors (Lipinski definition) is 0. The van der Waals surface area contributed by atoms with Crippen molar-refractivity contribution < 1.29 is 28.6 Å². The van der Waals surface area contributed by atoms with Crippen LogP contribution in [0.25, 0.3) is 0 Å². The van der Waals surface area contributed by atoms with Gasteiger partial charge in [-0.2, -0.15) is 0 Å². The molecule has 0 saturated carbocycles. The Balaban J connectivity index is 4.46. The number of esters is 3. The quantitative estimate of drug-likeness (QED) is 0.0262. The van der Waals surface area contributed by atoms with Gasteiger partial charge in [0.1, 0.15) is 13.2 Å². The van der Waals surface area contributed by atoms with E-state index in [-0.39, 0.29) is 31.1 Å². The monoisotopic (exact) mass is 933 g/mol. The van der Waals surface area contributed by atoms with E-state index in [0.29, 0.717) is 19.3 Å². The maximum Gasteiger partial charge on any atom is 0.306 e. The van der Waals surface area contributed by atoms with Crippen LogP contribution in [0.5, 0.6) is 0 Å². The molecule has 0 aliphatic carbocycles. The van der Waals surface area contributed by atoms with Crippen LogP contribution in [0.3, 0.4) is 0 Å². The third-order valence-corrected chi connectivity index (χ3v) is 12.0. The van der Waals surface area contributed by atoms with Gasteiger partial charge in [-0.1, -0.05) is 266 Å². The van der Waals surface area contributed by atoms with Gasteiger partial charge in [0.2, 0.25) is 0 Å². The fraction of sp³-hybridized carbons (Fsp3) is 0.721. The fourth-order valence-electron chi connectivity index (χ4n) is 7.81. The van der Waals surface area contributed by atoms with Crippen molar-refractivity contribution in [1.82, 2.24) is 0 Å². The largest absolute Gasteiger partial charge is 0.462 e. The van der Waals surface area contributed by atoms with Crippen LogP contribution < -0.4 is 0 Å². The highest BCUT2D eigenvalue weighted by Gasteiger charge is 2.19. The van der Waals surface area contributed by atoms with Gasteiger partial charge in [-0.05, 0) is 64.2 Å². The predicted octanol–water partition coefficient (Wildman–Crippen LogP) is 18.8. The number of carbonyl (C=O) groups excluding carboxylic acids is 3. The second-order valence-electron chi connectivity index (χ2n) is 18.6. The summed E-state index contributed by atoms with van der Waals surface area (Å²) in [6, 6.07) is 0. The minimum atomic E-state index is -0.799. The first-order valence-corrected chi connectivity index (χ1v) is 28.2. The predicted molar refractivity (Wildman–Crippen MR) is 288 cm³/mol. The first-order chi connectivity index (χ1) is 33.0. The second-order valence-corrected chi connectivity index (χ2v) is 18.6. The van der Waals surface area contributed by atoms with Crippen LogP contribution in [-0.4, -0.2) is 37.2 Å². The van der Waals surface area contributed by atoms with Gasteiger partial charge in [0.25, 0.3) is 0 Å². The molecule has 6 heteroatoms. The Morgan fingerprint density at radius 1 is 0.313 bits per heavy atom. The van der Waals surface area contributed by atoms with Crippen molar-refractivity contribution in [2.24, 2.45) is 0 Å². The molecule has 1 atom stereocenters. The lowest BCUT2D eigenvalue weighted by Crippen LogP contribution is -2.30. The first-order valence-electron chi connectivity index (χ1n) is 28.2.